The Morgan fingerprint density at radius 3 is 2.88 bits per heavy atom. The SMILES string of the molecule is FC(F)(F)c1cc(CN2CCCOCC2)[nH]n1. The molecule has 0 radical (unpaired) electrons. The summed E-state index contributed by atoms with van der Waals surface area (Å²) in [6.45, 7) is 3.36. The summed E-state index contributed by atoms with van der Waals surface area (Å²) in [7, 11) is 0. The minimum absolute atomic E-state index is 0.451. The third-order valence-corrected chi connectivity index (χ3v) is 2.63. The highest BCUT2D eigenvalue weighted by atomic mass is 19.4. The van der Waals surface area contributed by atoms with Crippen LogP contribution in [0.3, 0.4) is 0 Å². The van der Waals surface area contributed by atoms with E-state index in [9.17, 15) is 13.2 Å². The van der Waals surface area contributed by atoms with E-state index in [1.54, 1.807) is 0 Å². The standard InChI is InChI=1S/C10H14F3N3O/c11-10(12,13)9-6-8(14-15-9)7-16-2-1-4-17-5-3-16/h6H,1-5,7H2,(H,14,15). The second-order valence-electron chi connectivity index (χ2n) is 4.02. The van der Waals surface area contributed by atoms with Crippen molar-refractivity contribution in [3.63, 3.8) is 0 Å². The van der Waals surface area contributed by atoms with Crippen LogP contribution in [0.15, 0.2) is 6.07 Å². The summed E-state index contributed by atoms with van der Waals surface area (Å²) in [5.74, 6) is 0. The van der Waals surface area contributed by atoms with Gasteiger partial charge in [-0.2, -0.15) is 18.3 Å². The van der Waals surface area contributed by atoms with Crippen molar-refractivity contribution in [1.82, 2.24) is 15.1 Å². The van der Waals surface area contributed by atoms with Gasteiger partial charge in [0.2, 0.25) is 0 Å². The topological polar surface area (TPSA) is 41.1 Å². The predicted molar refractivity (Wildman–Crippen MR) is 54.3 cm³/mol. The number of halogens is 3. The van der Waals surface area contributed by atoms with Gasteiger partial charge < -0.3 is 4.74 Å². The van der Waals surface area contributed by atoms with Gasteiger partial charge in [0.05, 0.1) is 6.61 Å². The Morgan fingerprint density at radius 2 is 2.18 bits per heavy atom. The summed E-state index contributed by atoms with van der Waals surface area (Å²) in [6, 6.07) is 1.06. The molecular formula is C10H14F3N3O. The Kier molecular flexibility index (Phi) is 3.68. The largest absolute Gasteiger partial charge is 0.435 e. The van der Waals surface area contributed by atoms with Crippen LogP contribution in [0.5, 0.6) is 0 Å². The zero-order chi connectivity index (χ0) is 12.3. The molecule has 1 aromatic heterocycles. The third kappa shape index (κ3) is 3.44. The molecule has 0 atom stereocenters. The van der Waals surface area contributed by atoms with Crippen LogP contribution in [0.2, 0.25) is 0 Å². The molecule has 7 heteroatoms. The number of H-pyrrole nitrogens is 1. The molecule has 17 heavy (non-hydrogen) atoms. The quantitative estimate of drug-likeness (QED) is 0.866. The van der Waals surface area contributed by atoms with Gasteiger partial charge in [-0.1, -0.05) is 0 Å². The molecule has 0 bridgehead atoms. The highest BCUT2D eigenvalue weighted by Gasteiger charge is 2.33. The van der Waals surface area contributed by atoms with Gasteiger partial charge in [0, 0.05) is 31.9 Å². The first-order valence-corrected chi connectivity index (χ1v) is 5.47. The lowest BCUT2D eigenvalue weighted by Crippen LogP contribution is -2.25. The van der Waals surface area contributed by atoms with Crippen molar-refractivity contribution in [1.29, 1.82) is 0 Å². The normalized spacial score (nSPS) is 19.2. The van der Waals surface area contributed by atoms with Gasteiger partial charge in [-0.05, 0) is 12.5 Å². The Balaban J connectivity index is 1.96. The zero-order valence-electron chi connectivity index (χ0n) is 9.26. The fourth-order valence-corrected chi connectivity index (χ4v) is 1.78. The molecule has 2 heterocycles. The van der Waals surface area contributed by atoms with E-state index in [2.05, 4.69) is 15.1 Å². The van der Waals surface area contributed by atoms with Gasteiger partial charge in [0.25, 0.3) is 0 Å². The van der Waals surface area contributed by atoms with Crippen molar-refractivity contribution >= 4 is 0 Å². The molecule has 0 spiro atoms. The predicted octanol–water partition coefficient (Wildman–Crippen LogP) is 1.65. The number of rotatable bonds is 2. The Hall–Kier alpha value is -1.08. The average molecular weight is 249 g/mol. The monoisotopic (exact) mass is 249 g/mol. The summed E-state index contributed by atoms with van der Waals surface area (Å²) in [6.07, 6.45) is -3.48. The molecule has 1 aliphatic heterocycles. The Bertz CT molecular complexity index is 356. The van der Waals surface area contributed by atoms with E-state index in [0.29, 0.717) is 25.5 Å². The van der Waals surface area contributed by atoms with Gasteiger partial charge in [-0.15, -0.1) is 0 Å². The van der Waals surface area contributed by atoms with Crippen LogP contribution in [-0.4, -0.2) is 41.4 Å². The van der Waals surface area contributed by atoms with Gasteiger partial charge in [0.15, 0.2) is 5.69 Å². The Morgan fingerprint density at radius 1 is 1.35 bits per heavy atom. The summed E-state index contributed by atoms with van der Waals surface area (Å²) in [4.78, 5) is 2.06. The number of alkyl halides is 3. The first-order chi connectivity index (χ1) is 8.05. The Labute approximate surface area is 96.7 Å². The first kappa shape index (κ1) is 12.4. The van der Waals surface area contributed by atoms with Gasteiger partial charge in [-0.3, -0.25) is 10.00 Å². The minimum Gasteiger partial charge on any atom is -0.380 e. The number of nitrogens with zero attached hydrogens (tertiary/aromatic N) is 2. The van der Waals surface area contributed by atoms with E-state index in [-0.39, 0.29) is 0 Å². The summed E-state index contributed by atoms with van der Waals surface area (Å²) < 4.78 is 42.3. The van der Waals surface area contributed by atoms with Crippen molar-refractivity contribution < 1.29 is 17.9 Å². The molecule has 4 nitrogen and oxygen atoms in total. The molecule has 0 amide bonds. The van der Waals surface area contributed by atoms with Crippen LogP contribution >= 0.6 is 0 Å². The maximum Gasteiger partial charge on any atom is 0.435 e. The molecule has 0 aliphatic carbocycles. The molecule has 0 unspecified atom stereocenters. The van der Waals surface area contributed by atoms with E-state index in [1.165, 1.54) is 0 Å². The minimum atomic E-state index is -4.38. The van der Waals surface area contributed by atoms with E-state index < -0.39 is 11.9 Å². The van der Waals surface area contributed by atoms with Crippen LogP contribution in [0.1, 0.15) is 17.8 Å². The summed E-state index contributed by atoms with van der Waals surface area (Å²) in [5.41, 5.74) is -0.377. The van der Waals surface area contributed by atoms with Crippen molar-refractivity contribution in [2.75, 3.05) is 26.3 Å². The summed E-state index contributed by atoms with van der Waals surface area (Å²) >= 11 is 0. The molecule has 1 saturated heterocycles. The molecule has 1 aliphatic rings. The highest BCUT2D eigenvalue weighted by molar-refractivity contribution is 5.11. The zero-order valence-corrected chi connectivity index (χ0v) is 9.26. The van der Waals surface area contributed by atoms with Crippen molar-refractivity contribution in [2.45, 2.75) is 19.1 Å². The van der Waals surface area contributed by atoms with Crippen LogP contribution < -0.4 is 0 Å². The number of nitrogens with one attached hydrogen (secondary N) is 1. The smallest absolute Gasteiger partial charge is 0.380 e. The maximum absolute atomic E-state index is 12.3. The molecule has 0 saturated carbocycles. The number of ether oxygens (including phenoxy) is 1. The molecule has 2 rings (SSSR count). The van der Waals surface area contributed by atoms with E-state index in [4.69, 9.17) is 4.74 Å². The first-order valence-electron chi connectivity index (χ1n) is 5.47. The van der Waals surface area contributed by atoms with Crippen molar-refractivity contribution in [3.05, 3.63) is 17.5 Å². The lowest BCUT2D eigenvalue weighted by atomic mass is 10.3. The van der Waals surface area contributed by atoms with Crippen molar-refractivity contribution in [3.8, 4) is 0 Å². The van der Waals surface area contributed by atoms with Crippen LogP contribution in [0, 0.1) is 0 Å². The van der Waals surface area contributed by atoms with Crippen LogP contribution in [-0.2, 0) is 17.5 Å². The third-order valence-electron chi connectivity index (χ3n) is 2.63. The fourth-order valence-electron chi connectivity index (χ4n) is 1.78. The van der Waals surface area contributed by atoms with Crippen molar-refractivity contribution in [2.24, 2.45) is 0 Å². The van der Waals surface area contributed by atoms with Gasteiger partial charge in [0.1, 0.15) is 0 Å². The second kappa shape index (κ2) is 5.05. The highest BCUT2D eigenvalue weighted by Crippen LogP contribution is 2.27. The molecular weight excluding hydrogens is 235 g/mol. The molecule has 1 fully saturated rings. The number of hydrogen-bond acceptors (Lipinski definition) is 3. The fraction of sp³-hybridized carbons (Fsp3) is 0.700. The van der Waals surface area contributed by atoms with Crippen LogP contribution in [0.25, 0.3) is 0 Å². The molecule has 0 aromatic carbocycles. The lowest BCUT2D eigenvalue weighted by Gasteiger charge is -2.17. The van der Waals surface area contributed by atoms with E-state index >= 15 is 0 Å². The number of aromatic nitrogens is 2. The van der Waals surface area contributed by atoms with Gasteiger partial charge >= 0.3 is 6.18 Å². The van der Waals surface area contributed by atoms with E-state index in [0.717, 1.165) is 25.6 Å². The summed E-state index contributed by atoms with van der Waals surface area (Å²) in [5, 5.41) is 5.70. The number of aromatic amines is 1. The number of hydrogen-bond donors (Lipinski definition) is 1. The van der Waals surface area contributed by atoms with E-state index in [1.807, 2.05) is 0 Å². The maximum atomic E-state index is 12.3. The second-order valence-corrected chi connectivity index (χ2v) is 4.02. The lowest BCUT2D eigenvalue weighted by molar-refractivity contribution is -0.141. The van der Waals surface area contributed by atoms with Gasteiger partial charge in [-0.25, -0.2) is 0 Å². The molecule has 1 N–H and O–H groups in total. The molecule has 96 valence electrons. The van der Waals surface area contributed by atoms with Crippen LogP contribution in [0.4, 0.5) is 13.2 Å². The molecule has 1 aromatic rings. The average Bonchev–Trinajstić information content (AvgIpc) is 2.56.